The maximum Gasteiger partial charge on any atom is 0.409 e. The lowest BCUT2D eigenvalue weighted by atomic mass is 10.3. The van der Waals surface area contributed by atoms with Gasteiger partial charge in [-0.2, -0.15) is 4.31 Å². The summed E-state index contributed by atoms with van der Waals surface area (Å²) in [6.45, 7) is 0.990. The summed E-state index contributed by atoms with van der Waals surface area (Å²) in [4.78, 5) is 12.9. The number of hydrogen-bond acceptors (Lipinski definition) is 5. The van der Waals surface area contributed by atoms with Crippen molar-refractivity contribution in [2.45, 2.75) is 4.90 Å². The number of carbonyl (C=O) groups excluding carboxylic acids is 1. The number of methoxy groups -OCH3 is 1. The van der Waals surface area contributed by atoms with Crippen LogP contribution in [0.1, 0.15) is 0 Å². The van der Waals surface area contributed by atoms with Gasteiger partial charge in [-0.05, 0) is 18.2 Å². The molecule has 1 aromatic carbocycles. The number of piperazine rings is 1. The molecule has 1 saturated heterocycles. The number of ether oxygens (including phenoxy) is 1. The van der Waals surface area contributed by atoms with Crippen LogP contribution in [0.2, 0.25) is 5.02 Å². The Balaban J connectivity index is 2.14. The molecule has 0 unspecified atom stereocenters. The van der Waals surface area contributed by atoms with Crippen LogP contribution in [-0.2, 0) is 14.8 Å². The molecule has 2 N–H and O–H groups in total. The minimum absolute atomic E-state index is 0.0934. The molecule has 1 heterocycles. The molecule has 116 valence electrons. The van der Waals surface area contributed by atoms with E-state index in [1.54, 1.807) is 0 Å². The van der Waals surface area contributed by atoms with E-state index in [1.165, 1.54) is 34.5 Å². The zero-order valence-corrected chi connectivity index (χ0v) is 13.0. The van der Waals surface area contributed by atoms with Gasteiger partial charge in [0.15, 0.2) is 0 Å². The molecule has 1 aliphatic rings. The third-order valence-corrected chi connectivity index (χ3v) is 5.52. The number of carbonyl (C=O) groups is 1. The molecule has 9 heteroatoms. The van der Waals surface area contributed by atoms with E-state index in [9.17, 15) is 13.2 Å². The van der Waals surface area contributed by atoms with E-state index in [4.69, 9.17) is 17.3 Å². The maximum atomic E-state index is 12.5. The van der Waals surface area contributed by atoms with Crippen molar-refractivity contribution in [2.24, 2.45) is 0 Å². The molecular formula is C12H16ClN3O4S. The maximum absolute atomic E-state index is 12.5. The van der Waals surface area contributed by atoms with E-state index in [0.717, 1.165) is 0 Å². The Kier molecular flexibility index (Phi) is 4.60. The number of rotatable bonds is 2. The number of amides is 1. The van der Waals surface area contributed by atoms with Gasteiger partial charge in [0.05, 0.1) is 22.7 Å². The van der Waals surface area contributed by atoms with Crippen LogP contribution in [0, 0.1) is 0 Å². The minimum atomic E-state index is -3.64. The Bertz CT molecular complexity index is 642. The molecule has 21 heavy (non-hydrogen) atoms. The Morgan fingerprint density at radius 2 is 1.90 bits per heavy atom. The number of benzene rings is 1. The molecule has 1 fully saturated rings. The topological polar surface area (TPSA) is 92.9 Å². The molecule has 0 spiro atoms. The number of halogens is 1. The Hall–Kier alpha value is -1.51. The number of sulfonamides is 1. The van der Waals surface area contributed by atoms with Crippen LogP contribution in [0.4, 0.5) is 10.5 Å². The summed E-state index contributed by atoms with van der Waals surface area (Å²) in [5.74, 6) is 0. The van der Waals surface area contributed by atoms with Gasteiger partial charge in [-0.1, -0.05) is 11.6 Å². The van der Waals surface area contributed by atoms with E-state index in [0.29, 0.717) is 5.02 Å². The van der Waals surface area contributed by atoms with Crippen molar-refractivity contribution in [3.63, 3.8) is 0 Å². The monoisotopic (exact) mass is 333 g/mol. The van der Waals surface area contributed by atoms with Crippen molar-refractivity contribution >= 4 is 33.4 Å². The summed E-state index contributed by atoms with van der Waals surface area (Å²) >= 11 is 5.79. The molecule has 1 amide bonds. The van der Waals surface area contributed by atoms with Crippen LogP contribution < -0.4 is 5.73 Å². The van der Waals surface area contributed by atoms with Gasteiger partial charge >= 0.3 is 6.09 Å². The second-order valence-electron chi connectivity index (χ2n) is 4.54. The SMILES string of the molecule is COC(=O)N1CCN(S(=O)(=O)c2ccc(Cl)c(N)c2)CC1. The quantitative estimate of drug-likeness (QED) is 0.815. The van der Waals surface area contributed by atoms with Crippen molar-refractivity contribution < 1.29 is 17.9 Å². The standard InChI is InChI=1S/C12H16ClN3O4S/c1-20-12(17)15-4-6-16(7-5-15)21(18,19)9-2-3-10(13)11(14)8-9/h2-3,8H,4-7,14H2,1H3. The van der Waals surface area contributed by atoms with Crippen LogP contribution in [-0.4, -0.2) is 57.0 Å². The predicted molar refractivity (Wildman–Crippen MR) is 78.6 cm³/mol. The average Bonchev–Trinajstić information content (AvgIpc) is 2.49. The highest BCUT2D eigenvalue weighted by Gasteiger charge is 2.30. The van der Waals surface area contributed by atoms with Gasteiger partial charge in [0, 0.05) is 26.2 Å². The first-order chi connectivity index (χ1) is 9.86. The highest BCUT2D eigenvalue weighted by Crippen LogP contribution is 2.25. The van der Waals surface area contributed by atoms with Crippen LogP contribution in [0.5, 0.6) is 0 Å². The fourth-order valence-corrected chi connectivity index (χ4v) is 3.65. The minimum Gasteiger partial charge on any atom is -0.453 e. The number of nitrogen functional groups attached to an aromatic ring is 1. The summed E-state index contributed by atoms with van der Waals surface area (Å²) in [7, 11) is -2.35. The van der Waals surface area contributed by atoms with Crippen molar-refractivity contribution in [1.82, 2.24) is 9.21 Å². The predicted octanol–water partition coefficient (Wildman–Crippen LogP) is 0.995. The van der Waals surface area contributed by atoms with Gasteiger partial charge in [-0.3, -0.25) is 0 Å². The Labute approximate surface area is 128 Å². The first kappa shape index (κ1) is 15.9. The molecule has 0 radical (unpaired) electrons. The molecule has 0 aliphatic carbocycles. The molecule has 1 aliphatic heterocycles. The van der Waals surface area contributed by atoms with E-state index in [-0.39, 0.29) is 36.8 Å². The normalized spacial score (nSPS) is 16.8. The zero-order chi connectivity index (χ0) is 15.6. The third kappa shape index (κ3) is 3.22. The highest BCUT2D eigenvalue weighted by atomic mass is 35.5. The number of anilines is 1. The second-order valence-corrected chi connectivity index (χ2v) is 6.89. The van der Waals surface area contributed by atoms with Gasteiger partial charge in [0.25, 0.3) is 0 Å². The van der Waals surface area contributed by atoms with E-state index >= 15 is 0 Å². The Morgan fingerprint density at radius 3 is 2.43 bits per heavy atom. The van der Waals surface area contributed by atoms with Crippen LogP contribution >= 0.6 is 11.6 Å². The molecule has 0 aromatic heterocycles. The zero-order valence-electron chi connectivity index (χ0n) is 11.5. The number of nitrogens with two attached hydrogens (primary N) is 1. The lowest BCUT2D eigenvalue weighted by Crippen LogP contribution is -2.50. The van der Waals surface area contributed by atoms with Gasteiger partial charge in [0.1, 0.15) is 0 Å². The fraction of sp³-hybridized carbons (Fsp3) is 0.417. The summed E-state index contributed by atoms with van der Waals surface area (Å²) in [6.07, 6.45) is -0.456. The molecule has 2 rings (SSSR count). The molecular weight excluding hydrogens is 318 g/mol. The van der Waals surface area contributed by atoms with Crippen molar-refractivity contribution in [1.29, 1.82) is 0 Å². The smallest absolute Gasteiger partial charge is 0.409 e. The largest absolute Gasteiger partial charge is 0.453 e. The van der Waals surface area contributed by atoms with Crippen LogP contribution in [0.25, 0.3) is 0 Å². The molecule has 7 nitrogen and oxygen atoms in total. The van der Waals surface area contributed by atoms with Gasteiger partial charge in [-0.15, -0.1) is 0 Å². The Morgan fingerprint density at radius 1 is 1.29 bits per heavy atom. The van der Waals surface area contributed by atoms with Gasteiger partial charge in [0.2, 0.25) is 10.0 Å². The van der Waals surface area contributed by atoms with Crippen LogP contribution in [0.15, 0.2) is 23.1 Å². The average molecular weight is 334 g/mol. The van der Waals surface area contributed by atoms with Crippen molar-refractivity contribution in [3.8, 4) is 0 Å². The number of hydrogen-bond donors (Lipinski definition) is 1. The van der Waals surface area contributed by atoms with Crippen molar-refractivity contribution in [2.75, 3.05) is 39.0 Å². The summed E-state index contributed by atoms with van der Waals surface area (Å²) < 4.78 is 30.9. The van der Waals surface area contributed by atoms with E-state index in [2.05, 4.69) is 4.74 Å². The van der Waals surface area contributed by atoms with Crippen molar-refractivity contribution in [3.05, 3.63) is 23.2 Å². The van der Waals surface area contributed by atoms with Gasteiger partial charge < -0.3 is 15.4 Å². The van der Waals surface area contributed by atoms with Crippen LogP contribution in [0.3, 0.4) is 0 Å². The highest BCUT2D eigenvalue weighted by molar-refractivity contribution is 7.89. The van der Waals surface area contributed by atoms with Gasteiger partial charge in [-0.25, -0.2) is 13.2 Å². The molecule has 0 atom stereocenters. The fourth-order valence-electron chi connectivity index (χ4n) is 2.07. The molecule has 1 aromatic rings. The number of nitrogens with zero attached hydrogens (tertiary/aromatic N) is 2. The summed E-state index contributed by atoms with van der Waals surface area (Å²) in [5.41, 5.74) is 5.86. The summed E-state index contributed by atoms with van der Waals surface area (Å²) in [6, 6.07) is 4.21. The van der Waals surface area contributed by atoms with E-state index in [1.807, 2.05) is 0 Å². The lowest BCUT2D eigenvalue weighted by molar-refractivity contribution is 0.108. The first-order valence-electron chi connectivity index (χ1n) is 6.24. The molecule has 0 saturated carbocycles. The second kappa shape index (κ2) is 6.08. The summed E-state index contributed by atoms with van der Waals surface area (Å²) in [5, 5.41) is 0.310. The third-order valence-electron chi connectivity index (χ3n) is 3.28. The van der Waals surface area contributed by atoms with E-state index < -0.39 is 16.1 Å². The molecule has 0 bridgehead atoms. The lowest BCUT2D eigenvalue weighted by Gasteiger charge is -2.33. The first-order valence-corrected chi connectivity index (χ1v) is 8.06.